The second kappa shape index (κ2) is 44.4. The van der Waals surface area contributed by atoms with E-state index in [9.17, 15) is 53.1 Å². The number of ether oxygens (including phenoxy) is 19. The summed E-state index contributed by atoms with van der Waals surface area (Å²) in [7, 11) is 0. The Balaban J connectivity index is 0.830. The van der Waals surface area contributed by atoms with Gasteiger partial charge in [0.1, 0.15) is 59.6 Å². The van der Waals surface area contributed by atoms with Gasteiger partial charge in [-0.1, -0.05) is 125 Å². The number of halogens is 2. The number of carbonyl (C=O) groups excluding carboxylic acids is 10. The van der Waals surface area contributed by atoms with Crippen molar-refractivity contribution in [1.29, 1.82) is 0 Å². The maximum atomic E-state index is 14.8. The third-order valence-electron chi connectivity index (χ3n) is 20.1. The highest BCUT2D eigenvalue weighted by Gasteiger charge is 2.64. The van der Waals surface area contributed by atoms with Gasteiger partial charge in [0, 0.05) is 34.3 Å². The molecular formula is C87H89Cl2N9O30. The molecule has 4 aliphatic rings. The molecule has 1 N–H and O–H groups in total. The van der Waals surface area contributed by atoms with Gasteiger partial charge in [0.05, 0.1) is 111 Å². The number of aliphatic hydroxyl groups excluding tert-OH is 1. The molecule has 0 aliphatic carbocycles. The summed E-state index contributed by atoms with van der Waals surface area (Å²) < 4.78 is 121. The van der Waals surface area contributed by atoms with Crippen LogP contribution >= 0.6 is 23.2 Å². The first-order valence-electron chi connectivity index (χ1n) is 40.4. The number of aliphatic hydroxyl groups is 1. The molecule has 9 aromatic rings. The molecule has 0 bridgehead atoms. The summed E-state index contributed by atoms with van der Waals surface area (Å²) in [4.78, 5) is 138. The van der Waals surface area contributed by atoms with Crippen LogP contribution in [0.2, 0.25) is 0 Å². The van der Waals surface area contributed by atoms with E-state index in [1.54, 1.807) is 115 Å². The second-order valence-corrected chi connectivity index (χ2v) is 30.1. The second-order valence-electron chi connectivity index (χ2n) is 29.3. The minimum atomic E-state index is -2.40. The van der Waals surface area contributed by atoms with Gasteiger partial charge < -0.3 is 95.1 Å². The number of nitrogens with zero attached hydrogens (tertiary/aromatic N) is 9. The number of alkyl halides is 2. The number of aromatic nitrogens is 9. The molecule has 2 unspecified atom stereocenters. The Morgan fingerprint density at radius 1 is 0.391 bits per heavy atom. The zero-order valence-corrected chi connectivity index (χ0v) is 70.8. The summed E-state index contributed by atoms with van der Waals surface area (Å²) in [5, 5.41) is 36.5. The number of benzene rings is 6. The molecule has 4 aliphatic heterocycles. The average molecular weight is 1810 g/mol. The predicted octanol–water partition coefficient (Wildman–Crippen LogP) is 6.65. The first-order valence-corrected chi connectivity index (χ1v) is 41.3. The monoisotopic (exact) mass is 1810 g/mol. The van der Waals surface area contributed by atoms with Crippen LogP contribution in [0.1, 0.15) is 114 Å². The fraction of sp³-hybridized carbons (Fsp3) is 0.402. The summed E-state index contributed by atoms with van der Waals surface area (Å²) in [6, 6.07) is 46.8. The van der Waals surface area contributed by atoms with E-state index < -0.39 is 214 Å². The maximum Gasteiger partial charge on any atom is 0.338 e. The molecule has 3 aromatic heterocycles. The molecule has 13 rings (SSSR count). The standard InChI is InChI=1S/C87H89Cl2N9O30/c1-6-110-37-38-111-45-60-39-96(93-90-60)42-63-69(121-78(104)54-25-13-7-14-26-54)73(123-80(106)56-29-17-9-18-30-56)75(125-82(108)58-33-21-11-22-34-58)85(118-63)113-46-61-40-97(94-91-61)43-64-70(122-79(105)55-27-15-8-16-28-55)74(124-81(107)57-31-19-10-20-32-57)76(126-83(109)59-35-23-12-24-36-59)86(119-64)114-47-62-41-98(95-92-62)44-65-71(115-51(3)100)77(117-53(5)102)87(49-88,127-65)128-84-68(103)72(116-52(4)101)67(89)66(120-84)48-112-50(2)99/h7-36,39-41,63-77,84-86,103H,6,37-38,42-49H2,1-5H3/t63?,64-,65-,66-,67+,68-,69-,70-,71-,72+,73+,74+,75+,76+,77+,84-,85+,86+,87?/m1/s1. The SMILES string of the molecule is CCOCCOCc1cn(CC2O[C@H](OCc3cn(C[C@H]4O[C@H](OCc5cn(C[C@H]6OC(CCl)(O[C@H]7O[C@H](COC(C)=O)[C@H](Cl)[C@H](OC(C)=O)[C@H]7O)[C@@H](OC(C)=O)[C@@H]6OC(C)=O)nn5)[C@@H](OC(=O)c5ccccc5)[C@@H](OC(=O)c5ccccc5)[C@@H]4OC(=O)c4ccccc4)nn3)[C@@H](OC(=O)c3ccccc3)[C@@H](OC(=O)c3ccccc3)[C@@H]2OC(=O)c2ccccc2)nn1. The highest BCUT2D eigenvalue weighted by Crippen LogP contribution is 2.43. The average Bonchev–Trinajstić information content (AvgIpc) is 1.60. The molecule has 41 heteroatoms. The molecule has 0 saturated carbocycles. The van der Waals surface area contributed by atoms with E-state index in [-0.39, 0.29) is 64.5 Å². The molecule has 19 atom stereocenters. The Kier molecular flexibility index (Phi) is 32.3. The number of rotatable bonds is 38. The van der Waals surface area contributed by atoms with Crippen molar-refractivity contribution < 1.29 is 143 Å². The van der Waals surface area contributed by atoms with Crippen LogP contribution in [0.3, 0.4) is 0 Å². The van der Waals surface area contributed by atoms with Crippen molar-refractivity contribution in [3.05, 3.63) is 251 Å². The van der Waals surface area contributed by atoms with E-state index in [2.05, 4.69) is 30.9 Å². The lowest BCUT2D eigenvalue weighted by atomic mass is 9.97. The fourth-order valence-corrected chi connectivity index (χ4v) is 14.8. The van der Waals surface area contributed by atoms with Gasteiger partial charge >= 0.3 is 59.7 Å². The van der Waals surface area contributed by atoms with Crippen LogP contribution in [-0.4, -0.2) is 258 Å². The van der Waals surface area contributed by atoms with Gasteiger partial charge in [0.25, 0.3) is 0 Å². The van der Waals surface area contributed by atoms with Crippen molar-refractivity contribution in [1.82, 2.24) is 45.0 Å². The van der Waals surface area contributed by atoms with E-state index in [0.29, 0.717) is 18.9 Å². The van der Waals surface area contributed by atoms with E-state index in [4.69, 9.17) is 113 Å². The van der Waals surface area contributed by atoms with Crippen molar-refractivity contribution in [3.8, 4) is 0 Å². The lowest BCUT2D eigenvalue weighted by Crippen LogP contribution is -2.63. The van der Waals surface area contributed by atoms with Gasteiger partial charge in [-0.3, -0.25) is 19.2 Å². The van der Waals surface area contributed by atoms with Crippen LogP contribution in [0.4, 0.5) is 0 Å². The summed E-state index contributed by atoms with van der Waals surface area (Å²) in [6.07, 6.45) is -24.4. The van der Waals surface area contributed by atoms with E-state index in [0.717, 1.165) is 27.7 Å². The maximum absolute atomic E-state index is 14.8. The third kappa shape index (κ3) is 24.3. The fourth-order valence-electron chi connectivity index (χ4n) is 14.2. The van der Waals surface area contributed by atoms with Gasteiger partial charge in [-0.15, -0.1) is 38.5 Å². The predicted molar refractivity (Wildman–Crippen MR) is 434 cm³/mol. The zero-order valence-electron chi connectivity index (χ0n) is 69.3. The molecule has 0 spiro atoms. The van der Waals surface area contributed by atoms with E-state index in [1.807, 2.05) is 6.92 Å². The lowest BCUT2D eigenvalue weighted by molar-refractivity contribution is -0.359. The van der Waals surface area contributed by atoms with Crippen LogP contribution in [0.25, 0.3) is 0 Å². The molecule has 0 radical (unpaired) electrons. The minimum Gasteiger partial charge on any atom is -0.463 e. The van der Waals surface area contributed by atoms with Crippen LogP contribution in [0.5, 0.6) is 0 Å². The molecule has 0 amide bonds. The summed E-state index contributed by atoms with van der Waals surface area (Å²) in [5.41, 5.74) is 0.648. The normalized spacial score (nSPS) is 25.4. The highest BCUT2D eigenvalue weighted by atomic mass is 35.5. The Morgan fingerprint density at radius 2 is 0.727 bits per heavy atom. The van der Waals surface area contributed by atoms with Gasteiger partial charge in [-0.05, 0) is 79.7 Å². The Bertz CT molecular complexity index is 5230. The topological polar surface area (TPSA) is 458 Å². The Hall–Kier alpha value is -12.4. The summed E-state index contributed by atoms with van der Waals surface area (Å²) in [5.74, 6) is -12.3. The number of hydrogen-bond donors (Lipinski definition) is 1. The Morgan fingerprint density at radius 3 is 1.09 bits per heavy atom. The van der Waals surface area contributed by atoms with Gasteiger partial charge in [-0.25, -0.2) is 42.8 Å². The summed E-state index contributed by atoms with van der Waals surface area (Å²) in [6.45, 7) is 4.29. The molecule has 39 nitrogen and oxygen atoms in total. The van der Waals surface area contributed by atoms with Gasteiger partial charge in [0.2, 0.25) is 5.79 Å². The van der Waals surface area contributed by atoms with Gasteiger partial charge in [0.15, 0.2) is 73.8 Å². The first-order chi connectivity index (χ1) is 61.9. The molecule has 4 fully saturated rings. The van der Waals surface area contributed by atoms with Crippen LogP contribution in [-0.2, 0) is 149 Å². The number of esters is 10. The molecule has 6 aromatic carbocycles. The molecule has 128 heavy (non-hydrogen) atoms. The van der Waals surface area contributed by atoms with E-state index >= 15 is 0 Å². The third-order valence-corrected chi connectivity index (χ3v) is 21.0. The van der Waals surface area contributed by atoms with Crippen molar-refractivity contribution >= 4 is 82.9 Å². The zero-order chi connectivity index (χ0) is 90.4. The molecular weight excluding hydrogens is 1720 g/mol. The van der Waals surface area contributed by atoms with Crippen molar-refractivity contribution in [2.45, 2.75) is 190 Å². The molecule has 4 saturated heterocycles. The van der Waals surface area contributed by atoms with Crippen molar-refractivity contribution in [2.24, 2.45) is 0 Å². The van der Waals surface area contributed by atoms with Crippen LogP contribution in [0.15, 0.2) is 201 Å². The van der Waals surface area contributed by atoms with Crippen LogP contribution < -0.4 is 0 Å². The van der Waals surface area contributed by atoms with Crippen molar-refractivity contribution in [2.75, 3.05) is 32.3 Å². The molecule has 676 valence electrons. The first kappa shape index (κ1) is 93.3. The largest absolute Gasteiger partial charge is 0.463 e. The highest BCUT2D eigenvalue weighted by molar-refractivity contribution is 6.21. The minimum absolute atomic E-state index is 0.00214. The summed E-state index contributed by atoms with van der Waals surface area (Å²) >= 11 is 13.4. The smallest absolute Gasteiger partial charge is 0.338 e. The number of carbonyl (C=O) groups is 10. The Labute approximate surface area is 740 Å². The quantitative estimate of drug-likeness (QED) is 0.0183. The number of hydrogen-bond acceptors (Lipinski definition) is 36. The van der Waals surface area contributed by atoms with Gasteiger partial charge in [-0.2, -0.15) is 0 Å². The van der Waals surface area contributed by atoms with E-state index in [1.165, 1.54) is 99.2 Å². The van der Waals surface area contributed by atoms with Crippen LogP contribution in [0, 0.1) is 0 Å². The molecule has 7 heterocycles. The lowest BCUT2D eigenvalue weighted by Gasteiger charge is -2.44. The van der Waals surface area contributed by atoms with Crippen molar-refractivity contribution in [3.63, 3.8) is 0 Å².